The highest BCUT2D eigenvalue weighted by molar-refractivity contribution is 14.1. The largest absolute Gasteiger partial charge is 0.492 e. The van der Waals surface area contributed by atoms with E-state index in [2.05, 4.69) is 16.0 Å². The molecule has 0 bridgehead atoms. The highest BCUT2D eigenvalue weighted by atomic mass is 127. The first-order valence-electron chi connectivity index (χ1n) is 11.2. The zero-order chi connectivity index (χ0) is 27.7. The second kappa shape index (κ2) is 13.7. The summed E-state index contributed by atoms with van der Waals surface area (Å²) in [5, 5.41) is 18.7. The van der Waals surface area contributed by atoms with Crippen LogP contribution in [0.15, 0.2) is 12.1 Å². The van der Waals surface area contributed by atoms with Crippen LogP contribution in [0.1, 0.15) is 42.5 Å². The number of unbranched alkanes of at least 4 members (excludes halogenated alkanes) is 1. The number of nitrogens with zero attached hydrogens (tertiary/aromatic N) is 1. The van der Waals surface area contributed by atoms with Crippen LogP contribution in [0.3, 0.4) is 0 Å². The summed E-state index contributed by atoms with van der Waals surface area (Å²) in [5.74, 6) is -4.42. The molecule has 1 aromatic carbocycles. The third-order valence-corrected chi connectivity index (χ3v) is 6.20. The van der Waals surface area contributed by atoms with Gasteiger partial charge < -0.3 is 37.9 Å². The fourth-order valence-electron chi connectivity index (χ4n) is 3.52. The molecule has 15 nitrogen and oxygen atoms in total. The van der Waals surface area contributed by atoms with Crippen molar-refractivity contribution in [1.82, 2.24) is 16.0 Å². The van der Waals surface area contributed by atoms with Crippen LogP contribution >= 0.6 is 22.6 Å². The molecule has 0 aliphatic carbocycles. The van der Waals surface area contributed by atoms with Crippen molar-refractivity contribution in [1.29, 1.82) is 0 Å². The van der Waals surface area contributed by atoms with Crippen LogP contribution in [0.5, 0.6) is 5.75 Å². The second-order valence-electron chi connectivity index (χ2n) is 8.20. The van der Waals surface area contributed by atoms with Gasteiger partial charge >= 0.3 is 0 Å². The number of benzene rings is 1. The number of halogens is 1. The zero-order valence-electron chi connectivity index (χ0n) is 19.7. The van der Waals surface area contributed by atoms with E-state index in [9.17, 15) is 34.1 Å². The predicted molar refractivity (Wildman–Crippen MR) is 137 cm³/mol. The first kappa shape index (κ1) is 29.7. The number of hydrogen-bond acceptors (Lipinski definition) is 9. The number of hydrogen-bond donors (Lipinski definition) is 6. The van der Waals surface area contributed by atoms with Crippen LogP contribution in [0.4, 0.5) is 5.69 Å². The average Bonchev–Trinajstić information content (AvgIpc) is 2.81. The third kappa shape index (κ3) is 8.52. The maximum atomic E-state index is 13.2. The summed E-state index contributed by atoms with van der Waals surface area (Å²) in [4.78, 5) is 73.4. The standard InChI is InChI=1S/C21H28IN7O8/c22-12-8-10(29(35)36)7-11-17(12)37-6-4-13(18(25)31)26-20(33)14(3-1-2-5-23)27-21(34)15(9-16(24)30)28-19(11)32/h7-8,13-15H,1-6,9,23H2,(H2,24,30)(H2,25,31)(H,26,33)(H,27,34)(H,28,32)/t13-,14-,15-/m0/s1. The van der Waals surface area contributed by atoms with Gasteiger partial charge in [0.25, 0.3) is 11.6 Å². The number of carbonyl (C=O) groups is 5. The lowest BCUT2D eigenvalue weighted by Crippen LogP contribution is -2.57. The molecule has 2 rings (SSSR count). The van der Waals surface area contributed by atoms with Crippen molar-refractivity contribution in [3.8, 4) is 5.75 Å². The molecule has 5 amide bonds. The highest BCUT2D eigenvalue weighted by Crippen LogP contribution is 2.31. The fraction of sp³-hybridized carbons (Fsp3) is 0.476. The minimum atomic E-state index is -1.52. The Morgan fingerprint density at radius 2 is 1.76 bits per heavy atom. The number of nitrogens with one attached hydrogen (secondary N) is 3. The Labute approximate surface area is 224 Å². The second-order valence-corrected chi connectivity index (χ2v) is 9.37. The third-order valence-electron chi connectivity index (χ3n) is 5.40. The number of fused-ring (bicyclic) bond motifs is 1. The molecule has 9 N–H and O–H groups in total. The smallest absolute Gasteiger partial charge is 0.271 e. The molecule has 0 radical (unpaired) electrons. The number of carbonyl (C=O) groups excluding carboxylic acids is 5. The van der Waals surface area contributed by atoms with Crippen molar-refractivity contribution in [2.24, 2.45) is 17.2 Å². The summed E-state index contributed by atoms with van der Waals surface area (Å²) in [7, 11) is 0. The summed E-state index contributed by atoms with van der Waals surface area (Å²) < 4.78 is 5.87. The van der Waals surface area contributed by atoms with Gasteiger partial charge in [-0.25, -0.2) is 0 Å². The Balaban J connectivity index is 2.54. The molecule has 0 fully saturated rings. The molecule has 202 valence electrons. The molecule has 16 heteroatoms. The van der Waals surface area contributed by atoms with Crippen LogP contribution in [0.25, 0.3) is 0 Å². The zero-order valence-corrected chi connectivity index (χ0v) is 21.8. The predicted octanol–water partition coefficient (Wildman–Crippen LogP) is -1.46. The number of nitro benzene ring substituents is 1. The van der Waals surface area contributed by atoms with Gasteiger partial charge in [-0.05, 0) is 48.4 Å². The molecule has 3 atom stereocenters. The van der Waals surface area contributed by atoms with E-state index >= 15 is 0 Å². The van der Waals surface area contributed by atoms with E-state index < -0.39 is 64.7 Å². The van der Waals surface area contributed by atoms with E-state index in [0.29, 0.717) is 19.4 Å². The molecule has 1 aliphatic rings. The Morgan fingerprint density at radius 3 is 2.35 bits per heavy atom. The van der Waals surface area contributed by atoms with Crippen molar-refractivity contribution in [3.63, 3.8) is 0 Å². The normalized spacial score (nSPS) is 20.8. The van der Waals surface area contributed by atoms with Gasteiger partial charge in [0.2, 0.25) is 23.6 Å². The van der Waals surface area contributed by atoms with Crippen LogP contribution in [0, 0.1) is 13.7 Å². The average molecular weight is 633 g/mol. The van der Waals surface area contributed by atoms with Gasteiger partial charge in [0.15, 0.2) is 0 Å². The van der Waals surface area contributed by atoms with Gasteiger partial charge in [0.1, 0.15) is 23.9 Å². The first-order valence-corrected chi connectivity index (χ1v) is 12.3. The Bertz CT molecular complexity index is 1080. The number of ether oxygens (including phenoxy) is 1. The van der Waals surface area contributed by atoms with E-state index in [4.69, 9.17) is 21.9 Å². The SMILES string of the molecule is NCCCC[C@@H]1NC(=O)[C@H](CC(N)=O)NC(=O)c2cc([N+](=O)[O-])cc(I)c2OCC[C@@H](C(N)=O)NC1=O. The van der Waals surface area contributed by atoms with E-state index in [-0.39, 0.29) is 34.3 Å². The Kier molecular flexibility index (Phi) is 11.0. The Hall–Kier alpha value is -3.54. The molecule has 1 aromatic rings. The number of nitrogens with two attached hydrogens (primary N) is 3. The van der Waals surface area contributed by atoms with Gasteiger partial charge in [-0.1, -0.05) is 0 Å². The lowest BCUT2D eigenvalue weighted by molar-refractivity contribution is -0.385. The van der Waals surface area contributed by atoms with Gasteiger partial charge in [0.05, 0.1) is 27.1 Å². The van der Waals surface area contributed by atoms with Crippen LogP contribution in [-0.2, 0) is 19.2 Å². The maximum Gasteiger partial charge on any atom is 0.271 e. The monoisotopic (exact) mass is 633 g/mol. The molecule has 37 heavy (non-hydrogen) atoms. The Morgan fingerprint density at radius 1 is 1.08 bits per heavy atom. The number of rotatable bonds is 8. The molecular formula is C21H28IN7O8. The highest BCUT2D eigenvalue weighted by Gasteiger charge is 2.32. The summed E-state index contributed by atoms with van der Waals surface area (Å²) in [6.07, 6.45) is 0.412. The maximum absolute atomic E-state index is 13.2. The van der Waals surface area contributed by atoms with Gasteiger partial charge in [0, 0.05) is 18.6 Å². The van der Waals surface area contributed by atoms with Gasteiger partial charge in [-0.3, -0.25) is 34.1 Å². The molecule has 0 spiro atoms. The molecular weight excluding hydrogens is 605 g/mol. The van der Waals surface area contributed by atoms with Gasteiger partial charge in [-0.15, -0.1) is 0 Å². The number of non-ortho nitro benzene ring substituents is 1. The van der Waals surface area contributed by atoms with Crippen molar-refractivity contribution in [3.05, 3.63) is 31.4 Å². The lowest BCUT2D eigenvalue weighted by Gasteiger charge is -2.25. The first-order chi connectivity index (χ1) is 17.4. The molecule has 0 saturated heterocycles. The lowest BCUT2D eigenvalue weighted by atomic mass is 10.0. The van der Waals surface area contributed by atoms with E-state index in [0.717, 1.165) is 6.07 Å². The number of amides is 5. The van der Waals surface area contributed by atoms with Gasteiger partial charge in [-0.2, -0.15) is 0 Å². The number of primary amides is 2. The van der Waals surface area contributed by atoms with Crippen molar-refractivity contribution in [2.45, 2.75) is 50.2 Å². The van der Waals surface area contributed by atoms with Crippen molar-refractivity contribution < 1.29 is 33.6 Å². The fourth-order valence-corrected chi connectivity index (χ4v) is 4.28. The summed E-state index contributed by atoms with van der Waals surface area (Å²) in [6, 6.07) is -1.72. The van der Waals surface area contributed by atoms with Crippen LogP contribution in [-0.4, -0.2) is 65.7 Å². The summed E-state index contributed by atoms with van der Waals surface area (Å²) in [6.45, 7) is 0.144. The minimum absolute atomic E-state index is 0.0619. The molecule has 0 saturated carbocycles. The van der Waals surface area contributed by atoms with Crippen LogP contribution in [0.2, 0.25) is 0 Å². The van der Waals surface area contributed by atoms with Crippen molar-refractivity contribution >= 4 is 57.8 Å². The topological polar surface area (TPSA) is 252 Å². The van der Waals surface area contributed by atoms with E-state index in [1.807, 2.05) is 0 Å². The molecule has 0 aromatic heterocycles. The quantitative estimate of drug-likeness (QED) is 0.0846. The van der Waals surface area contributed by atoms with Crippen molar-refractivity contribution in [2.75, 3.05) is 13.2 Å². The minimum Gasteiger partial charge on any atom is -0.492 e. The molecule has 1 heterocycles. The summed E-state index contributed by atoms with van der Waals surface area (Å²) in [5.41, 5.74) is 15.5. The van der Waals surface area contributed by atoms with Crippen LogP contribution < -0.4 is 37.9 Å². The molecule has 1 aliphatic heterocycles. The van der Waals surface area contributed by atoms with E-state index in [1.165, 1.54) is 6.07 Å². The summed E-state index contributed by atoms with van der Waals surface area (Å²) >= 11 is 1.73. The number of nitro groups is 1. The molecule has 0 unspecified atom stereocenters. The van der Waals surface area contributed by atoms with E-state index in [1.54, 1.807) is 22.6 Å².